The van der Waals surface area contributed by atoms with Crippen LogP contribution >= 0.6 is 31.9 Å². The van der Waals surface area contributed by atoms with Crippen LogP contribution in [0.3, 0.4) is 0 Å². The Balaban J connectivity index is 2.39. The Morgan fingerprint density at radius 3 is 2.42 bits per heavy atom. The van der Waals surface area contributed by atoms with Crippen LogP contribution in [0.4, 0.5) is 0 Å². The summed E-state index contributed by atoms with van der Waals surface area (Å²) in [6.07, 6.45) is 0. The minimum atomic E-state index is -0.00869. The van der Waals surface area contributed by atoms with E-state index in [9.17, 15) is 9.90 Å². The minimum absolute atomic E-state index is 0.00869. The number of hydrogen-bond acceptors (Lipinski definition) is 3. The van der Waals surface area contributed by atoms with Crippen molar-refractivity contribution in [2.24, 2.45) is 5.92 Å². The van der Waals surface area contributed by atoms with Gasteiger partial charge in [-0.2, -0.15) is 0 Å². The van der Waals surface area contributed by atoms with Crippen molar-refractivity contribution in [3.63, 3.8) is 0 Å². The molecule has 1 aromatic carbocycles. The quantitative estimate of drug-likeness (QED) is 0.696. The van der Waals surface area contributed by atoms with Gasteiger partial charge in [0.05, 0.1) is 15.5 Å². The van der Waals surface area contributed by atoms with E-state index in [2.05, 4.69) is 56.3 Å². The number of aromatic hydroxyl groups is 1. The Morgan fingerprint density at radius 1 is 1.32 bits per heavy atom. The molecular weight excluding hydrogens is 376 g/mol. The summed E-state index contributed by atoms with van der Waals surface area (Å²) in [4.78, 5) is 11.5. The normalized spacial score (nSPS) is 10.8. The van der Waals surface area contributed by atoms with E-state index in [0.29, 0.717) is 28.0 Å². The lowest BCUT2D eigenvalue weighted by Gasteiger charge is -2.09. The molecule has 0 aliphatic carbocycles. The van der Waals surface area contributed by atoms with Crippen molar-refractivity contribution in [1.29, 1.82) is 0 Å². The molecule has 106 valence electrons. The molecule has 19 heavy (non-hydrogen) atoms. The summed E-state index contributed by atoms with van der Waals surface area (Å²) in [5.74, 6) is 0.622. The van der Waals surface area contributed by atoms with Gasteiger partial charge in [-0.3, -0.25) is 4.79 Å². The average molecular weight is 394 g/mol. The van der Waals surface area contributed by atoms with Crippen molar-refractivity contribution in [2.45, 2.75) is 20.4 Å². The summed E-state index contributed by atoms with van der Waals surface area (Å²) in [6, 6.07) is 3.64. The molecule has 0 aliphatic rings. The number of carbonyl (C=O) groups is 1. The van der Waals surface area contributed by atoms with Crippen LogP contribution in [0.25, 0.3) is 0 Å². The molecular formula is C13H18Br2N2O2. The average Bonchev–Trinajstić information content (AvgIpc) is 2.33. The first kappa shape index (κ1) is 16.5. The molecule has 0 fully saturated rings. The van der Waals surface area contributed by atoms with Gasteiger partial charge in [0.15, 0.2) is 0 Å². The second-order valence-electron chi connectivity index (χ2n) is 4.71. The van der Waals surface area contributed by atoms with Gasteiger partial charge < -0.3 is 15.7 Å². The van der Waals surface area contributed by atoms with Crippen LogP contribution in [0.15, 0.2) is 21.1 Å². The van der Waals surface area contributed by atoms with E-state index in [1.54, 1.807) is 0 Å². The molecule has 0 saturated carbocycles. The van der Waals surface area contributed by atoms with Gasteiger partial charge in [-0.1, -0.05) is 13.8 Å². The third kappa shape index (κ3) is 5.93. The molecule has 0 bridgehead atoms. The number of rotatable bonds is 6. The summed E-state index contributed by atoms with van der Waals surface area (Å²) in [7, 11) is 0. The van der Waals surface area contributed by atoms with Gasteiger partial charge in [0.1, 0.15) is 5.75 Å². The fourth-order valence-electron chi connectivity index (χ4n) is 1.42. The van der Waals surface area contributed by atoms with Crippen LogP contribution in [-0.2, 0) is 11.3 Å². The lowest BCUT2D eigenvalue weighted by Crippen LogP contribution is -2.35. The smallest absolute Gasteiger partial charge is 0.233 e. The molecule has 0 radical (unpaired) electrons. The molecule has 1 amide bonds. The van der Waals surface area contributed by atoms with Crippen molar-refractivity contribution >= 4 is 37.8 Å². The predicted molar refractivity (Wildman–Crippen MR) is 83.1 cm³/mol. The summed E-state index contributed by atoms with van der Waals surface area (Å²) in [6.45, 7) is 5.64. The zero-order chi connectivity index (χ0) is 14.4. The maximum atomic E-state index is 11.5. The van der Waals surface area contributed by atoms with Crippen molar-refractivity contribution in [3.8, 4) is 5.75 Å². The van der Waals surface area contributed by atoms with Gasteiger partial charge in [-0.25, -0.2) is 0 Å². The van der Waals surface area contributed by atoms with Crippen LogP contribution in [0, 0.1) is 5.92 Å². The Labute approximate surface area is 130 Å². The van der Waals surface area contributed by atoms with Gasteiger partial charge >= 0.3 is 0 Å². The van der Waals surface area contributed by atoms with Crippen LogP contribution in [0.2, 0.25) is 0 Å². The Bertz CT molecular complexity index is 427. The van der Waals surface area contributed by atoms with Crippen molar-refractivity contribution in [3.05, 3.63) is 26.6 Å². The second kappa shape index (κ2) is 7.87. The zero-order valence-electron chi connectivity index (χ0n) is 11.0. The largest absolute Gasteiger partial charge is 0.506 e. The molecule has 0 atom stereocenters. The number of phenolic OH excluding ortho intramolecular Hbond substituents is 1. The Kier molecular flexibility index (Phi) is 6.82. The topological polar surface area (TPSA) is 61.4 Å². The number of benzene rings is 1. The fourth-order valence-corrected chi connectivity index (χ4v) is 2.70. The predicted octanol–water partition coefficient (Wildman–Crippen LogP) is 2.78. The third-order valence-corrected chi connectivity index (χ3v) is 3.61. The van der Waals surface area contributed by atoms with Gasteiger partial charge in [-0.15, -0.1) is 0 Å². The van der Waals surface area contributed by atoms with Gasteiger partial charge in [0.25, 0.3) is 0 Å². The van der Waals surface area contributed by atoms with Crippen LogP contribution < -0.4 is 10.6 Å². The number of hydrogen-bond donors (Lipinski definition) is 3. The van der Waals surface area contributed by atoms with Gasteiger partial charge in [0.2, 0.25) is 5.91 Å². The number of halogens is 2. The SMILES string of the molecule is CC(C)CNC(=O)CNCc1cc(Br)c(O)c(Br)c1. The highest BCUT2D eigenvalue weighted by Gasteiger charge is 2.06. The molecule has 0 saturated heterocycles. The minimum Gasteiger partial charge on any atom is -0.506 e. The molecule has 1 rings (SSSR count). The number of phenols is 1. The number of nitrogens with one attached hydrogen (secondary N) is 2. The molecule has 4 nitrogen and oxygen atoms in total. The van der Waals surface area contributed by atoms with E-state index in [4.69, 9.17) is 0 Å². The van der Waals surface area contributed by atoms with Crippen LogP contribution in [0.1, 0.15) is 19.4 Å². The molecule has 0 aromatic heterocycles. The summed E-state index contributed by atoms with van der Waals surface area (Å²) >= 11 is 6.54. The third-order valence-electron chi connectivity index (χ3n) is 2.40. The van der Waals surface area contributed by atoms with Crippen molar-refractivity contribution in [1.82, 2.24) is 10.6 Å². The molecule has 0 unspecified atom stereocenters. The summed E-state index contributed by atoms with van der Waals surface area (Å²) < 4.78 is 1.26. The van der Waals surface area contributed by atoms with E-state index < -0.39 is 0 Å². The molecule has 3 N–H and O–H groups in total. The first-order valence-electron chi connectivity index (χ1n) is 6.04. The molecule has 0 aliphatic heterocycles. The lowest BCUT2D eigenvalue weighted by molar-refractivity contribution is -0.120. The van der Waals surface area contributed by atoms with Gasteiger partial charge in [0, 0.05) is 13.1 Å². The maximum Gasteiger partial charge on any atom is 0.233 e. The highest BCUT2D eigenvalue weighted by Crippen LogP contribution is 2.33. The highest BCUT2D eigenvalue weighted by molar-refractivity contribution is 9.11. The Hall–Kier alpha value is -0.590. The monoisotopic (exact) mass is 392 g/mol. The lowest BCUT2D eigenvalue weighted by atomic mass is 10.2. The van der Waals surface area contributed by atoms with E-state index in [0.717, 1.165) is 5.56 Å². The molecule has 6 heteroatoms. The number of amides is 1. The first-order valence-corrected chi connectivity index (χ1v) is 7.63. The van der Waals surface area contributed by atoms with Crippen LogP contribution in [0.5, 0.6) is 5.75 Å². The fraction of sp³-hybridized carbons (Fsp3) is 0.462. The van der Waals surface area contributed by atoms with E-state index in [-0.39, 0.29) is 18.2 Å². The summed E-state index contributed by atoms with van der Waals surface area (Å²) in [5, 5.41) is 15.5. The summed E-state index contributed by atoms with van der Waals surface area (Å²) in [5.41, 5.74) is 0.980. The van der Waals surface area contributed by atoms with E-state index in [1.807, 2.05) is 12.1 Å². The maximum absolute atomic E-state index is 11.5. The molecule has 0 heterocycles. The van der Waals surface area contributed by atoms with Crippen molar-refractivity contribution in [2.75, 3.05) is 13.1 Å². The number of carbonyl (C=O) groups excluding carboxylic acids is 1. The molecule has 0 spiro atoms. The van der Waals surface area contributed by atoms with Crippen LogP contribution in [-0.4, -0.2) is 24.1 Å². The van der Waals surface area contributed by atoms with Gasteiger partial charge in [-0.05, 0) is 55.5 Å². The zero-order valence-corrected chi connectivity index (χ0v) is 14.1. The van der Waals surface area contributed by atoms with Crippen molar-refractivity contribution < 1.29 is 9.90 Å². The van der Waals surface area contributed by atoms with E-state index >= 15 is 0 Å². The highest BCUT2D eigenvalue weighted by atomic mass is 79.9. The Morgan fingerprint density at radius 2 is 1.89 bits per heavy atom. The second-order valence-corrected chi connectivity index (χ2v) is 6.42. The first-order chi connectivity index (χ1) is 8.90. The van der Waals surface area contributed by atoms with E-state index in [1.165, 1.54) is 0 Å². The standard InChI is InChI=1S/C13H18Br2N2O2/c1-8(2)5-17-12(18)7-16-6-9-3-10(14)13(19)11(15)4-9/h3-4,8,16,19H,5-7H2,1-2H3,(H,17,18). The molecule has 1 aromatic rings.